The van der Waals surface area contributed by atoms with Crippen LogP contribution in [0.3, 0.4) is 0 Å². The van der Waals surface area contributed by atoms with E-state index < -0.39 is 0 Å². The third-order valence-corrected chi connectivity index (χ3v) is 3.41. The Morgan fingerprint density at radius 3 is 3.12 bits per heavy atom. The molecule has 17 heavy (non-hydrogen) atoms. The first-order valence-corrected chi connectivity index (χ1v) is 6.88. The zero-order valence-electron chi connectivity index (χ0n) is 10.1. The molecule has 2 nitrogen and oxygen atoms in total. The van der Waals surface area contributed by atoms with E-state index in [-0.39, 0.29) is 0 Å². The van der Waals surface area contributed by atoms with Gasteiger partial charge in [0.15, 0.2) is 0 Å². The Kier molecular flexibility index (Phi) is 5.14. The van der Waals surface area contributed by atoms with Gasteiger partial charge in [-0.05, 0) is 37.0 Å². The summed E-state index contributed by atoms with van der Waals surface area (Å²) in [6, 6.07) is 8.62. The predicted molar refractivity (Wildman–Crippen MR) is 72.9 cm³/mol. The van der Waals surface area contributed by atoms with Gasteiger partial charge in [-0.2, -0.15) is 0 Å². The highest BCUT2D eigenvalue weighted by Gasteiger charge is 2.14. The Labute approximate surface area is 108 Å². The molecule has 1 saturated heterocycles. The highest BCUT2D eigenvalue weighted by molar-refractivity contribution is 6.17. The van der Waals surface area contributed by atoms with Gasteiger partial charge in [0.05, 0.1) is 6.61 Å². The van der Waals surface area contributed by atoms with Crippen molar-refractivity contribution in [3.05, 3.63) is 29.8 Å². The van der Waals surface area contributed by atoms with Gasteiger partial charge in [0, 0.05) is 30.6 Å². The second-order valence-corrected chi connectivity index (χ2v) is 4.98. The molecule has 94 valence electrons. The summed E-state index contributed by atoms with van der Waals surface area (Å²) in [6.07, 6.45) is 3.28. The molecule has 0 saturated carbocycles. The molecule has 1 aliphatic rings. The maximum Gasteiger partial charge on any atom is 0.0511 e. The number of ether oxygens (including phenoxy) is 1. The van der Waals surface area contributed by atoms with Crippen molar-refractivity contribution < 1.29 is 4.74 Å². The fourth-order valence-corrected chi connectivity index (χ4v) is 2.25. The van der Waals surface area contributed by atoms with Gasteiger partial charge in [-0.1, -0.05) is 12.1 Å². The Hall–Kier alpha value is -0.730. The van der Waals surface area contributed by atoms with Gasteiger partial charge in [-0.3, -0.25) is 0 Å². The van der Waals surface area contributed by atoms with E-state index in [1.54, 1.807) is 0 Å². The molecule has 0 aliphatic carbocycles. The second kappa shape index (κ2) is 6.87. The van der Waals surface area contributed by atoms with Crippen molar-refractivity contribution in [3.8, 4) is 0 Å². The van der Waals surface area contributed by atoms with Gasteiger partial charge in [0.2, 0.25) is 0 Å². The molecular weight excluding hydrogens is 234 g/mol. The smallest absolute Gasteiger partial charge is 0.0511 e. The lowest BCUT2D eigenvalue weighted by atomic mass is 10.1. The minimum absolute atomic E-state index is 0.668. The highest BCUT2D eigenvalue weighted by atomic mass is 35.5. The fourth-order valence-electron chi connectivity index (χ4n) is 2.11. The van der Waals surface area contributed by atoms with Gasteiger partial charge in [-0.25, -0.2) is 0 Å². The number of anilines is 1. The van der Waals surface area contributed by atoms with E-state index in [1.165, 1.54) is 17.7 Å². The Morgan fingerprint density at radius 1 is 1.41 bits per heavy atom. The molecule has 1 aliphatic heterocycles. The van der Waals surface area contributed by atoms with Crippen LogP contribution in [0.2, 0.25) is 0 Å². The SMILES string of the molecule is ClCCCc1cccc(NCC2CCOC2)c1. The molecule has 0 amide bonds. The summed E-state index contributed by atoms with van der Waals surface area (Å²) >= 11 is 5.71. The van der Waals surface area contributed by atoms with E-state index in [0.29, 0.717) is 5.92 Å². The standard InChI is InChI=1S/C14H20ClNO/c15-7-2-4-12-3-1-5-14(9-12)16-10-13-6-8-17-11-13/h1,3,5,9,13,16H,2,4,6-8,10-11H2. The summed E-state index contributed by atoms with van der Waals surface area (Å²) in [6.45, 7) is 2.83. The van der Waals surface area contributed by atoms with Crippen molar-refractivity contribution in [2.75, 3.05) is 31.0 Å². The van der Waals surface area contributed by atoms with Crippen LogP contribution in [0, 0.1) is 5.92 Å². The molecule has 1 atom stereocenters. The number of rotatable bonds is 6. The minimum atomic E-state index is 0.668. The summed E-state index contributed by atoms with van der Waals surface area (Å²) in [7, 11) is 0. The van der Waals surface area contributed by atoms with Gasteiger partial charge in [0.25, 0.3) is 0 Å². The van der Waals surface area contributed by atoms with Crippen molar-refractivity contribution in [1.29, 1.82) is 0 Å². The van der Waals surface area contributed by atoms with E-state index in [9.17, 15) is 0 Å². The topological polar surface area (TPSA) is 21.3 Å². The lowest BCUT2D eigenvalue weighted by Crippen LogP contribution is -2.14. The quantitative estimate of drug-likeness (QED) is 0.786. The summed E-state index contributed by atoms with van der Waals surface area (Å²) in [5.41, 5.74) is 2.57. The van der Waals surface area contributed by atoms with Crippen LogP contribution < -0.4 is 5.32 Å². The zero-order valence-corrected chi connectivity index (χ0v) is 10.9. The van der Waals surface area contributed by atoms with E-state index in [2.05, 4.69) is 29.6 Å². The number of nitrogens with one attached hydrogen (secondary N) is 1. The lowest BCUT2D eigenvalue weighted by Gasteiger charge is -2.11. The van der Waals surface area contributed by atoms with Crippen LogP contribution in [0.15, 0.2) is 24.3 Å². The fraction of sp³-hybridized carbons (Fsp3) is 0.571. The van der Waals surface area contributed by atoms with Gasteiger partial charge < -0.3 is 10.1 Å². The van der Waals surface area contributed by atoms with Crippen LogP contribution in [-0.2, 0) is 11.2 Å². The summed E-state index contributed by atoms with van der Waals surface area (Å²) < 4.78 is 5.37. The molecule has 1 aromatic rings. The van der Waals surface area contributed by atoms with Crippen molar-refractivity contribution in [3.63, 3.8) is 0 Å². The average Bonchev–Trinajstić information content (AvgIpc) is 2.87. The second-order valence-electron chi connectivity index (χ2n) is 4.60. The van der Waals surface area contributed by atoms with Crippen LogP contribution in [0.5, 0.6) is 0 Å². The monoisotopic (exact) mass is 253 g/mol. The first-order valence-electron chi connectivity index (χ1n) is 6.35. The molecule has 0 bridgehead atoms. The molecule has 1 N–H and O–H groups in total. The van der Waals surface area contributed by atoms with E-state index >= 15 is 0 Å². The van der Waals surface area contributed by atoms with Crippen LogP contribution in [0.25, 0.3) is 0 Å². The molecular formula is C14H20ClNO. The molecule has 3 heteroatoms. The maximum atomic E-state index is 5.71. The summed E-state index contributed by atoms with van der Waals surface area (Å²) in [5, 5.41) is 3.49. The molecule has 1 unspecified atom stereocenters. The minimum Gasteiger partial charge on any atom is -0.385 e. The van der Waals surface area contributed by atoms with Crippen molar-refractivity contribution in [1.82, 2.24) is 0 Å². The number of alkyl halides is 1. The number of hydrogen-bond donors (Lipinski definition) is 1. The van der Waals surface area contributed by atoms with Crippen LogP contribution in [-0.4, -0.2) is 25.6 Å². The summed E-state index contributed by atoms with van der Waals surface area (Å²) in [4.78, 5) is 0. The van der Waals surface area contributed by atoms with E-state index in [0.717, 1.165) is 38.5 Å². The van der Waals surface area contributed by atoms with Crippen LogP contribution >= 0.6 is 11.6 Å². The average molecular weight is 254 g/mol. The number of halogens is 1. The van der Waals surface area contributed by atoms with Gasteiger partial charge >= 0.3 is 0 Å². The molecule has 0 spiro atoms. The Morgan fingerprint density at radius 2 is 2.35 bits per heavy atom. The molecule has 0 radical (unpaired) electrons. The molecule has 0 aromatic heterocycles. The third-order valence-electron chi connectivity index (χ3n) is 3.14. The molecule has 1 aromatic carbocycles. The molecule has 1 heterocycles. The van der Waals surface area contributed by atoms with Crippen LogP contribution in [0.4, 0.5) is 5.69 Å². The molecule has 1 fully saturated rings. The Bertz CT molecular complexity index is 337. The molecule has 2 rings (SSSR count). The van der Waals surface area contributed by atoms with Gasteiger partial charge in [-0.15, -0.1) is 11.6 Å². The largest absolute Gasteiger partial charge is 0.385 e. The van der Waals surface area contributed by atoms with E-state index in [1.807, 2.05) is 0 Å². The van der Waals surface area contributed by atoms with Crippen molar-refractivity contribution in [2.24, 2.45) is 5.92 Å². The Balaban J connectivity index is 1.82. The third kappa shape index (κ3) is 4.21. The predicted octanol–water partition coefficient (Wildman–Crippen LogP) is 3.31. The first-order chi connectivity index (χ1) is 8.38. The number of hydrogen-bond acceptors (Lipinski definition) is 2. The number of benzene rings is 1. The van der Waals surface area contributed by atoms with Crippen LogP contribution in [0.1, 0.15) is 18.4 Å². The lowest BCUT2D eigenvalue weighted by molar-refractivity contribution is 0.187. The van der Waals surface area contributed by atoms with E-state index in [4.69, 9.17) is 16.3 Å². The van der Waals surface area contributed by atoms with Gasteiger partial charge in [0.1, 0.15) is 0 Å². The number of aryl methyl sites for hydroxylation is 1. The maximum absolute atomic E-state index is 5.71. The van der Waals surface area contributed by atoms with Crippen molar-refractivity contribution in [2.45, 2.75) is 19.3 Å². The zero-order chi connectivity index (χ0) is 11.9. The summed E-state index contributed by atoms with van der Waals surface area (Å²) in [5.74, 6) is 1.40. The highest BCUT2D eigenvalue weighted by Crippen LogP contribution is 2.16. The van der Waals surface area contributed by atoms with Crippen molar-refractivity contribution >= 4 is 17.3 Å². The normalized spacial score (nSPS) is 19.5. The first kappa shape index (κ1) is 12.7.